The van der Waals surface area contributed by atoms with Gasteiger partial charge in [0.1, 0.15) is 0 Å². The molecule has 0 amide bonds. The Hall–Kier alpha value is -2.19. The summed E-state index contributed by atoms with van der Waals surface area (Å²) in [6, 6.07) is 8.51. The van der Waals surface area contributed by atoms with Crippen molar-refractivity contribution in [1.82, 2.24) is 9.44 Å². The zero-order chi connectivity index (χ0) is 21.2. The van der Waals surface area contributed by atoms with Gasteiger partial charge in [-0.05, 0) is 56.6 Å². The van der Waals surface area contributed by atoms with Gasteiger partial charge in [-0.2, -0.15) is 0 Å². The molecule has 13 heteroatoms. The highest BCUT2D eigenvalue weighted by atomic mass is 32.2. The smallest absolute Gasteiger partial charge is 0.261 e. The van der Waals surface area contributed by atoms with Crippen LogP contribution in [-0.2, 0) is 30.1 Å². The molecule has 0 aliphatic carbocycles. The lowest BCUT2D eigenvalue weighted by atomic mass is 10.3. The van der Waals surface area contributed by atoms with E-state index in [-0.39, 0.29) is 20.4 Å². The zero-order valence-corrected chi connectivity index (χ0v) is 17.7. The van der Waals surface area contributed by atoms with Gasteiger partial charge in [0.25, 0.3) is 10.0 Å². The molecule has 2 aromatic carbocycles. The van der Waals surface area contributed by atoms with Crippen molar-refractivity contribution >= 4 is 41.4 Å². The van der Waals surface area contributed by atoms with Crippen molar-refractivity contribution in [1.29, 1.82) is 0 Å². The van der Waals surface area contributed by atoms with Crippen LogP contribution in [0.2, 0.25) is 0 Å². The molecule has 0 saturated heterocycles. The van der Waals surface area contributed by atoms with Crippen LogP contribution in [0.15, 0.2) is 57.2 Å². The zero-order valence-electron chi connectivity index (χ0n) is 15.2. The summed E-state index contributed by atoms with van der Waals surface area (Å²) in [5, 5.41) is 2.77. The van der Waals surface area contributed by atoms with Gasteiger partial charge in [0.05, 0.1) is 26.1 Å². The number of hydrogen-bond acceptors (Lipinski definition) is 7. The molecule has 0 aromatic heterocycles. The molecule has 0 atom stereocenters. The molecule has 2 rings (SSSR count). The first-order valence-corrected chi connectivity index (χ1v) is 12.2. The fraction of sp³-hybridized carbons (Fsp3) is 0.200. The fourth-order valence-electron chi connectivity index (χ4n) is 2.23. The van der Waals surface area contributed by atoms with Crippen molar-refractivity contribution in [2.24, 2.45) is 0 Å². The van der Waals surface area contributed by atoms with Crippen LogP contribution in [0, 0.1) is 0 Å². The lowest BCUT2D eigenvalue weighted by molar-refractivity contribution is 0.586. The van der Waals surface area contributed by atoms with Crippen molar-refractivity contribution in [2.75, 3.05) is 31.2 Å². The first-order valence-electron chi connectivity index (χ1n) is 7.78. The molecule has 0 unspecified atom stereocenters. The van der Waals surface area contributed by atoms with Crippen LogP contribution < -0.4 is 19.5 Å². The third-order valence-corrected chi connectivity index (χ3v) is 8.02. The van der Waals surface area contributed by atoms with Crippen LogP contribution >= 0.6 is 0 Å². The SMILES string of the molecule is CNc1ccc(S(=O)(=O)NC)cc1NS(=O)(=O)c1ccc(S(=O)(=O)NC)cc1. The minimum absolute atomic E-state index is 0.0192. The quantitative estimate of drug-likeness (QED) is 0.455. The Bertz CT molecular complexity index is 1170. The minimum Gasteiger partial charge on any atom is -0.386 e. The van der Waals surface area contributed by atoms with Crippen molar-refractivity contribution in [3.05, 3.63) is 42.5 Å². The van der Waals surface area contributed by atoms with E-state index >= 15 is 0 Å². The summed E-state index contributed by atoms with van der Waals surface area (Å²) in [4.78, 5) is -0.402. The van der Waals surface area contributed by atoms with E-state index < -0.39 is 30.1 Å². The average Bonchev–Trinajstić information content (AvgIpc) is 2.67. The number of rotatable bonds is 8. The Balaban J connectivity index is 2.45. The van der Waals surface area contributed by atoms with E-state index in [1.165, 1.54) is 32.3 Å². The van der Waals surface area contributed by atoms with Crippen LogP contribution in [-0.4, -0.2) is 46.4 Å². The van der Waals surface area contributed by atoms with Gasteiger partial charge in [-0.25, -0.2) is 34.7 Å². The monoisotopic (exact) mass is 448 g/mol. The van der Waals surface area contributed by atoms with E-state index in [9.17, 15) is 25.3 Å². The molecule has 154 valence electrons. The summed E-state index contributed by atoms with van der Waals surface area (Å²) < 4.78 is 79.4. The molecule has 0 radical (unpaired) electrons. The molecule has 0 saturated carbocycles. The van der Waals surface area contributed by atoms with E-state index in [4.69, 9.17) is 0 Å². The maximum absolute atomic E-state index is 12.7. The number of benzene rings is 2. The molecule has 0 fully saturated rings. The molecule has 0 aliphatic rings. The second kappa shape index (κ2) is 8.05. The van der Waals surface area contributed by atoms with Gasteiger partial charge in [0, 0.05) is 7.05 Å². The predicted octanol–water partition coefficient (Wildman–Crippen LogP) is 0.345. The van der Waals surface area contributed by atoms with Crippen molar-refractivity contribution in [2.45, 2.75) is 14.7 Å². The first kappa shape index (κ1) is 22.1. The summed E-state index contributed by atoms with van der Waals surface area (Å²) in [6.45, 7) is 0. The summed E-state index contributed by atoms with van der Waals surface area (Å²) in [6.07, 6.45) is 0. The summed E-state index contributed by atoms with van der Waals surface area (Å²) in [7, 11) is -7.55. The van der Waals surface area contributed by atoms with Crippen LogP contribution in [0.4, 0.5) is 11.4 Å². The number of anilines is 2. The molecule has 0 spiro atoms. The Kier molecular flexibility index (Phi) is 6.35. The highest BCUT2D eigenvalue weighted by molar-refractivity contribution is 7.92. The van der Waals surface area contributed by atoms with Crippen molar-refractivity contribution in [3.63, 3.8) is 0 Å². The van der Waals surface area contributed by atoms with Crippen LogP contribution in [0.5, 0.6) is 0 Å². The normalized spacial score (nSPS) is 12.5. The van der Waals surface area contributed by atoms with Gasteiger partial charge >= 0.3 is 0 Å². The highest BCUT2D eigenvalue weighted by Crippen LogP contribution is 2.28. The van der Waals surface area contributed by atoms with E-state index in [1.54, 1.807) is 7.05 Å². The number of sulfonamides is 3. The highest BCUT2D eigenvalue weighted by Gasteiger charge is 2.20. The van der Waals surface area contributed by atoms with Gasteiger partial charge in [-0.1, -0.05) is 0 Å². The molecule has 10 nitrogen and oxygen atoms in total. The molecule has 28 heavy (non-hydrogen) atoms. The van der Waals surface area contributed by atoms with Gasteiger partial charge in [0.2, 0.25) is 20.0 Å². The summed E-state index contributed by atoms with van der Waals surface area (Å²) in [5.41, 5.74) is 0.374. The molecule has 4 N–H and O–H groups in total. The molecule has 2 aromatic rings. The number of nitrogens with one attached hydrogen (secondary N) is 4. The molecule has 0 bridgehead atoms. The molecular weight excluding hydrogens is 428 g/mol. The summed E-state index contributed by atoms with van der Waals surface area (Å²) >= 11 is 0. The second-order valence-electron chi connectivity index (χ2n) is 5.45. The topological polar surface area (TPSA) is 151 Å². The van der Waals surface area contributed by atoms with Gasteiger partial charge in [-0.15, -0.1) is 0 Å². The number of hydrogen-bond donors (Lipinski definition) is 4. The predicted molar refractivity (Wildman–Crippen MR) is 106 cm³/mol. The lowest BCUT2D eigenvalue weighted by Gasteiger charge is -2.14. The summed E-state index contributed by atoms with van der Waals surface area (Å²) in [5.74, 6) is 0. The van der Waals surface area contributed by atoms with Crippen molar-refractivity contribution in [3.8, 4) is 0 Å². The van der Waals surface area contributed by atoms with E-state index in [0.717, 1.165) is 24.3 Å². The molecule has 0 aliphatic heterocycles. The van der Waals surface area contributed by atoms with Gasteiger partial charge < -0.3 is 5.32 Å². The van der Waals surface area contributed by atoms with Gasteiger partial charge in [0.15, 0.2) is 0 Å². The average molecular weight is 449 g/mol. The fourth-order valence-corrected chi connectivity index (χ4v) is 4.79. The third-order valence-electron chi connectivity index (χ3n) is 3.80. The lowest BCUT2D eigenvalue weighted by Crippen LogP contribution is -2.20. The van der Waals surface area contributed by atoms with Crippen LogP contribution in [0.25, 0.3) is 0 Å². The Morgan fingerprint density at radius 1 is 0.571 bits per heavy atom. The standard InChI is InChI=1S/C15H20N4O6S3/c1-16-14-9-8-13(27(22,23)18-3)10-15(14)19-28(24,25)12-6-4-11(5-7-12)26(20,21)17-2/h4-10,16-19H,1-3H3. The maximum Gasteiger partial charge on any atom is 0.261 e. The minimum atomic E-state index is -4.10. The molecular formula is C15H20N4O6S3. The van der Waals surface area contributed by atoms with Crippen LogP contribution in [0.1, 0.15) is 0 Å². The van der Waals surface area contributed by atoms with E-state index in [0.29, 0.717) is 5.69 Å². The largest absolute Gasteiger partial charge is 0.386 e. The Morgan fingerprint density at radius 3 is 1.46 bits per heavy atom. The van der Waals surface area contributed by atoms with Crippen molar-refractivity contribution < 1.29 is 25.3 Å². The first-order chi connectivity index (χ1) is 13.0. The Labute approximate surface area is 164 Å². The molecule has 0 heterocycles. The maximum atomic E-state index is 12.7. The second-order valence-corrected chi connectivity index (χ2v) is 10.9. The van der Waals surface area contributed by atoms with E-state index in [1.807, 2.05) is 0 Å². The Morgan fingerprint density at radius 2 is 1.00 bits per heavy atom. The third kappa shape index (κ3) is 4.62. The van der Waals surface area contributed by atoms with Crippen LogP contribution in [0.3, 0.4) is 0 Å². The van der Waals surface area contributed by atoms with E-state index in [2.05, 4.69) is 19.5 Å². The van der Waals surface area contributed by atoms with Gasteiger partial charge in [-0.3, -0.25) is 4.72 Å².